The van der Waals surface area contributed by atoms with Gasteiger partial charge in [0, 0.05) is 24.0 Å². The summed E-state index contributed by atoms with van der Waals surface area (Å²) in [6.45, 7) is 6.38. The smallest absolute Gasteiger partial charge is 0.418 e. The van der Waals surface area contributed by atoms with Crippen LogP contribution in [0.4, 0.5) is 13.6 Å². The van der Waals surface area contributed by atoms with Crippen molar-refractivity contribution in [2.75, 3.05) is 0 Å². The Morgan fingerprint density at radius 3 is 2.32 bits per heavy atom. The summed E-state index contributed by atoms with van der Waals surface area (Å²) >= 11 is 0. The van der Waals surface area contributed by atoms with E-state index in [-0.39, 0.29) is 11.3 Å². The van der Waals surface area contributed by atoms with E-state index in [0.717, 1.165) is 22.8 Å². The minimum atomic E-state index is -1.09. The van der Waals surface area contributed by atoms with Crippen molar-refractivity contribution >= 4 is 11.9 Å². The fourth-order valence-corrected chi connectivity index (χ4v) is 2.23. The molecule has 2 aromatic rings. The Labute approximate surface area is 142 Å². The van der Waals surface area contributed by atoms with Crippen molar-refractivity contribution in [1.29, 1.82) is 0 Å². The number of benzene rings is 1. The quantitative estimate of drug-likeness (QED) is 0.779. The van der Waals surface area contributed by atoms with Gasteiger partial charge in [0.25, 0.3) is 0 Å². The molecule has 7 heteroatoms. The molecule has 0 saturated carbocycles. The summed E-state index contributed by atoms with van der Waals surface area (Å²) in [7, 11) is 0. The second-order valence-electron chi connectivity index (χ2n) is 6.44. The van der Waals surface area contributed by atoms with Crippen LogP contribution in [-0.2, 0) is 4.74 Å². The van der Waals surface area contributed by atoms with E-state index in [0.29, 0.717) is 6.07 Å². The maximum absolute atomic E-state index is 13.9. The van der Waals surface area contributed by atoms with Gasteiger partial charge in [0.15, 0.2) is 5.43 Å². The molecule has 0 saturated heterocycles. The van der Waals surface area contributed by atoms with Crippen LogP contribution in [-0.4, -0.2) is 22.0 Å². The zero-order valence-corrected chi connectivity index (χ0v) is 14.2. The van der Waals surface area contributed by atoms with E-state index in [9.17, 15) is 23.2 Å². The third kappa shape index (κ3) is 3.99. The number of hydrogen-bond acceptors (Lipinski definition) is 4. The third-order valence-corrected chi connectivity index (χ3v) is 3.34. The van der Waals surface area contributed by atoms with Crippen molar-refractivity contribution in [3.05, 3.63) is 69.1 Å². The Balaban J connectivity index is 2.55. The SMILES string of the molecule is Cc1c(C(=O)c2ccc(F)cc2F)c(=O)ccn1C(=O)OC(C)(C)C. The summed E-state index contributed by atoms with van der Waals surface area (Å²) in [4.78, 5) is 36.9. The molecule has 0 unspecified atom stereocenters. The molecule has 0 aliphatic heterocycles. The molecule has 25 heavy (non-hydrogen) atoms. The highest BCUT2D eigenvalue weighted by Crippen LogP contribution is 2.17. The second-order valence-corrected chi connectivity index (χ2v) is 6.44. The molecule has 5 nitrogen and oxygen atoms in total. The molecule has 2 rings (SSSR count). The third-order valence-electron chi connectivity index (χ3n) is 3.34. The molecular formula is C18H17F2NO4. The number of ketones is 1. The number of pyridine rings is 1. The van der Waals surface area contributed by atoms with Crippen molar-refractivity contribution in [3.63, 3.8) is 0 Å². The van der Waals surface area contributed by atoms with E-state index >= 15 is 0 Å². The summed E-state index contributed by atoms with van der Waals surface area (Å²) < 4.78 is 33.1. The van der Waals surface area contributed by atoms with Gasteiger partial charge in [0.05, 0.1) is 11.1 Å². The summed E-state index contributed by atoms with van der Waals surface area (Å²) in [5.74, 6) is -2.86. The van der Waals surface area contributed by atoms with Gasteiger partial charge in [-0.2, -0.15) is 0 Å². The van der Waals surface area contributed by atoms with Crippen LogP contribution in [0.2, 0.25) is 0 Å². The van der Waals surface area contributed by atoms with E-state index in [1.807, 2.05) is 0 Å². The number of ether oxygens (including phenoxy) is 1. The second kappa shape index (κ2) is 6.58. The van der Waals surface area contributed by atoms with Gasteiger partial charge in [-0.3, -0.25) is 14.2 Å². The number of carbonyl (C=O) groups excluding carboxylic acids is 2. The maximum atomic E-state index is 13.9. The minimum absolute atomic E-state index is 0.00970. The average molecular weight is 349 g/mol. The number of nitrogens with zero attached hydrogens (tertiary/aromatic N) is 1. The molecule has 0 amide bonds. The predicted molar refractivity (Wildman–Crippen MR) is 86.9 cm³/mol. The molecule has 0 radical (unpaired) electrons. The number of carbonyl (C=O) groups is 2. The maximum Gasteiger partial charge on any atom is 0.418 e. The highest BCUT2D eigenvalue weighted by atomic mass is 19.1. The lowest BCUT2D eigenvalue weighted by Gasteiger charge is -2.21. The molecule has 0 N–H and O–H groups in total. The van der Waals surface area contributed by atoms with Crippen LogP contribution in [0.15, 0.2) is 35.3 Å². The molecule has 132 valence electrons. The highest BCUT2D eigenvalue weighted by molar-refractivity contribution is 6.10. The number of rotatable bonds is 2. The van der Waals surface area contributed by atoms with Crippen molar-refractivity contribution in [2.24, 2.45) is 0 Å². The van der Waals surface area contributed by atoms with Gasteiger partial charge in [-0.05, 0) is 39.8 Å². The Hall–Kier alpha value is -2.83. The normalized spacial score (nSPS) is 11.3. The van der Waals surface area contributed by atoms with E-state index < -0.39 is 40.1 Å². The number of aromatic nitrogens is 1. The van der Waals surface area contributed by atoms with Crippen LogP contribution >= 0.6 is 0 Å². The monoisotopic (exact) mass is 349 g/mol. The molecule has 0 spiro atoms. The summed E-state index contributed by atoms with van der Waals surface area (Å²) in [6, 6.07) is 3.45. The first-order valence-corrected chi connectivity index (χ1v) is 7.46. The fraction of sp³-hybridized carbons (Fsp3) is 0.278. The molecule has 0 aliphatic rings. The van der Waals surface area contributed by atoms with Gasteiger partial charge >= 0.3 is 6.09 Å². The molecule has 1 heterocycles. The zero-order chi connectivity index (χ0) is 18.9. The highest BCUT2D eigenvalue weighted by Gasteiger charge is 2.24. The molecule has 1 aromatic heterocycles. The summed E-state index contributed by atoms with van der Waals surface area (Å²) in [5.41, 5.74) is -2.27. The van der Waals surface area contributed by atoms with Crippen LogP contribution in [0.3, 0.4) is 0 Å². The molecule has 1 aromatic carbocycles. The van der Waals surface area contributed by atoms with Crippen LogP contribution < -0.4 is 5.43 Å². The minimum Gasteiger partial charge on any atom is -0.443 e. The van der Waals surface area contributed by atoms with Crippen molar-refractivity contribution < 1.29 is 23.1 Å². The number of hydrogen-bond donors (Lipinski definition) is 0. The predicted octanol–water partition coefficient (Wildman–Crippen LogP) is 3.45. The van der Waals surface area contributed by atoms with Gasteiger partial charge in [0.1, 0.15) is 17.2 Å². The average Bonchev–Trinajstić information content (AvgIpc) is 2.45. The Kier molecular flexibility index (Phi) is 4.87. The lowest BCUT2D eigenvalue weighted by molar-refractivity contribution is 0.0532. The van der Waals surface area contributed by atoms with E-state index in [2.05, 4.69) is 0 Å². The van der Waals surface area contributed by atoms with Crippen LogP contribution in [0.5, 0.6) is 0 Å². The van der Waals surface area contributed by atoms with Crippen molar-refractivity contribution in [3.8, 4) is 0 Å². The lowest BCUT2D eigenvalue weighted by atomic mass is 10.0. The van der Waals surface area contributed by atoms with Gasteiger partial charge in [0.2, 0.25) is 5.78 Å². The van der Waals surface area contributed by atoms with Gasteiger partial charge in [-0.15, -0.1) is 0 Å². The number of halogens is 2. The first-order valence-electron chi connectivity index (χ1n) is 7.46. The molecule has 0 aliphatic carbocycles. The zero-order valence-electron chi connectivity index (χ0n) is 14.2. The first kappa shape index (κ1) is 18.5. The Bertz CT molecular complexity index is 910. The van der Waals surface area contributed by atoms with Gasteiger partial charge in [-0.25, -0.2) is 13.6 Å². The standard InChI is InChI=1S/C18H17F2NO4/c1-10-15(16(23)12-6-5-11(19)9-13(12)20)14(22)7-8-21(10)17(24)25-18(2,3)4/h5-9H,1-4H3. The van der Waals surface area contributed by atoms with Gasteiger partial charge in [-0.1, -0.05) is 0 Å². The first-order chi connectivity index (χ1) is 11.5. The van der Waals surface area contributed by atoms with Gasteiger partial charge < -0.3 is 4.74 Å². The van der Waals surface area contributed by atoms with Crippen molar-refractivity contribution in [2.45, 2.75) is 33.3 Å². The molecule has 0 fully saturated rings. The molecule has 0 atom stereocenters. The summed E-state index contributed by atoms with van der Waals surface area (Å²) in [5, 5.41) is 0. The Morgan fingerprint density at radius 2 is 1.76 bits per heavy atom. The van der Waals surface area contributed by atoms with E-state index in [4.69, 9.17) is 4.74 Å². The Morgan fingerprint density at radius 1 is 1.12 bits per heavy atom. The van der Waals surface area contributed by atoms with Crippen LogP contribution in [0, 0.1) is 18.6 Å². The van der Waals surface area contributed by atoms with E-state index in [1.165, 1.54) is 13.1 Å². The molecule has 0 bridgehead atoms. The van der Waals surface area contributed by atoms with Crippen LogP contribution in [0.25, 0.3) is 0 Å². The fourth-order valence-electron chi connectivity index (χ4n) is 2.23. The van der Waals surface area contributed by atoms with E-state index in [1.54, 1.807) is 20.8 Å². The largest absolute Gasteiger partial charge is 0.443 e. The lowest BCUT2D eigenvalue weighted by Crippen LogP contribution is -2.31. The topological polar surface area (TPSA) is 65.4 Å². The molecular weight excluding hydrogens is 332 g/mol. The van der Waals surface area contributed by atoms with Crippen molar-refractivity contribution in [1.82, 2.24) is 4.57 Å². The summed E-state index contributed by atoms with van der Waals surface area (Å²) in [6.07, 6.45) is 0.405. The van der Waals surface area contributed by atoms with Crippen LogP contribution in [0.1, 0.15) is 42.4 Å².